The summed E-state index contributed by atoms with van der Waals surface area (Å²) in [6.45, 7) is 7.20. The molecule has 0 rings (SSSR count). The van der Waals surface area contributed by atoms with E-state index in [1.807, 2.05) is 0 Å². The zero-order valence-electron chi connectivity index (χ0n) is 9.92. The molecule has 5 nitrogen and oxygen atoms in total. The van der Waals surface area contributed by atoms with Crippen LogP contribution in [0.5, 0.6) is 0 Å². The second kappa shape index (κ2) is 5.58. The van der Waals surface area contributed by atoms with Crippen molar-refractivity contribution >= 4 is 12.1 Å². The first kappa shape index (κ1) is 13.7. The van der Waals surface area contributed by atoms with Gasteiger partial charge in [0.2, 0.25) is 0 Å². The largest absolute Gasteiger partial charge is 0.469 e. The maximum absolute atomic E-state index is 11.2. The van der Waals surface area contributed by atoms with E-state index in [2.05, 4.69) is 10.1 Å². The Hall–Kier alpha value is -1.26. The third-order valence-electron chi connectivity index (χ3n) is 1.56. The predicted octanol–water partition coefficient (Wildman–Crippen LogP) is 1.32. The molecule has 0 bridgehead atoms. The number of ether oxygens (including phenoxy) is 2. The Morgan fingerprint density at radius 1 is 1.33 bits per heavy atom. The fourth-order valence-electron chi connectivity index (χ4n) is 0.835. The zero-order valence-corrected chi connectivity index (χ0v) is 9.92. The summed E-state index contributed by atoms with van der Waals surface area (Å²) in [5.74, 6) is -0.728. The van der Waals surface area contributed by atoms with E-state index in [1.54, 1.807) is 27.7 Å². The quantitative estimate of drug-likeness (QED) is 0.724. The van der Waals surface area contributed by atoms with Gasteiger partial charge in [-0.15, -0.1) is 0 Å². The van der Waals surface area contributed by atoms with Crippen molar-refractivity contribution in [2.75, 3.05) is 13.7 Å². The first-order valence-electron chi connectivity index (χ1n) is 4.81. The van der Waals surface area contributed by atoms with Gasteiger partial charge in [-0.05, 0) is 20.8 Å². The maximum Gasteiger partial charge on any atom is 0.407 e. The molecule has 88 valence electrons. The highest BCUT2D eigenvalue weighted by molar-refractivity contribution is 5.73. The van der Waals surface area contributed by atoms with Gasteiger partial charge in [0.1, 0.15) is 5.60 Å². The number of alkyl carbamates (subject to hydrolysis) is 1. The van der Waals surface area contributed by atoms with Crippen molar-refractivity contribution in [1.82, 2.24) is 5.32 Å². The van der Waals surface area contributed by atoms with Gasteiger partial charge in [-0.1, -0.05) is 6.92 Å². The van der Waals surface area contributed by atoms with E-state index in [0.29, 0.717) is 0 Å². The molecule has 0 aliphatic heterocycles. The Labute approximate surface area is 90.1 Å². The number of rotatable bonds is 3. The lowest BCUT2D eigenvalue weighted by Crippen LogP contribution is -2.36. The summed E-state index contributed by atoms with van der Waals surface area (Å²) in [7, 11) is 1.31. The first-order valence-corrected chi connectivity index (χ1v) is 4.81. The second-order valence-electron chi connectivity index (χ2n) is 4.31. The molecule has 0 radical (unpaired) electrons. The number of hydrogen-bond acceptors (Lipinski definition) is 4. The minimum atomic E-state index is -0.529. The maximum atomic E-state index is 11.2. The third-order valence-corrected chi connectivity index (χ3v) is 1.56. The molecule has 0 aromatic rings. The van der Waals surface area contributed by atoms with Crippen molar-refractivity contribution in [2.45, 2.75) is 33.3 Å². The average Bonchev–Trinajstić information content (AvgIpc) is 2.10. The lowest BCUT2D eigenvalue weighted by Gasteiger charge is -2.20. The zero-order chi connectivity index (χ0) is 12.1. The summed E-state index contributed by atoms with van der Waals surface area (Å²) < 4.78 is 9.51. The van der Waals surface area contributed by atoms with Gasteiger partial charge in [-0.2, -0.15) is 0 Å². The Morgan fingerprint density at radius 2 is 1.87 bits per heavy atom. The molecule has 0 aliphatic carbocycles. The highest BCUT2D eigenvalue weighted by Crippen LogP contribution is 2.06. The molecule has 5 heteroatoms. The lowest BCUT2D eigenvalue weighted by atomic mass is 10.2. The lowest BCUT2D eigenvalue weighted by molar-refractivity contribution is -0.144. The normalized spacial score (nSPS) is 12.9. The molecule has 0 saturated carbocycles. The summed E-state index contributed by atoms with van der Waals surface area (Å²) in [5.41, 5.74) is -0.529. The van der Waals surface area contributed by atoms with Crippen LogP contribution < -0.4 is 5.32 Å². The molecule has 15 heavy (non-hydrogen) atoms. The van der Waals surface area contributed by atoms with E-state index in [0.717, 1.165) is 0 Å². The van der Waals surface area contributed by atoms with Crippen LogP contribution in [0.2, 0.25) is 0 Å². The monoisotopic (exact) mass is 217 g/mol. The topological polar surface area (TPSA) is 64.6 Å². The van der Waals surface area contributed by atoms with Crippen molar-refractivity contribution in [3.05, 3.63) is 0 Å². The number of amides is 1. The Balaban J connectivity index is 3.86. The van der Waals surface area contributed by atoms with Gasteiger partial charge in [0, 0.05) is 6.54 Å². The number of nitrogens with one attached hydrogen (secondary N) is 1. The SMILES string of the molecule is COC(=O)[C@@H](C)CNC(=O)OC(C)(C)C. The van der Waals surface area contributed by atoms with Crippen LogP contribution in [0, 0.1) is 5.92 Å². The van der Waals surface area contributed by atoms with Crippen molar-refractivity contribution in [1.29, 1.82) is 0 Å². The van der Waals surface area contributed by atoms with Crippen LogP contribution in [-0.4, -0.2) is 31.3 Å². The van der Waals surface area contributed by atoms with Gasteiger partial charge >= 0.3 is 12.1 Å². The molecule has 0 fully saturated rings. The standard InChI is InChI=1S/C10H19NO4/c1-7(8(12)14-5)6-11-9(13)15-10(2,3)4/h7H,6H2,1-5H3,(H,11,13)/t7-/m0/s1. The van der Waals surface area contributed by atoms with E-state index in [-0.39, 0.29) is 18.4 Å². The molecule has 0 saturated heterocycles. The minimum absolute atomic E-state index is 0.210. The molecule has 0 spiro atoms. The van der Waals surface area contributed by atoms with Gasteiger partial charge in [0.25, 0.3) is 0 Å². The highest BCUT2D eigenvalue weighted by Gasteiger charge is 2.18. The van der Waals surface area contributed by atoms with Gasteiger partial charge in [-0.3, -0.25) is 4.79 Å². The van der Waals surface area contributed by atoms with Crippen molar-refractivity contribution < 1.29 is 19.1 Å². The van der Waals surface area contributed by atoms with Crippen LogP contribution >= 0.6 is 0 Å². The van der Waals surface area contributed by atoms with Crippen LogP contribution in [0.1, 0.15) is 27.7 Å². The molecule has 1 atom stereocenters. The number of hydrogen-bond donors (Lipinski definition) is 1. The predicted molar refractivity (Wildman–Crippen MR) is 55.4 cm³/mol. The van der Waals surface area contributed by atoms with Crippen molar-refractivity contribution in [2.24, 2.45) is 5.92 Å². The Bertz CT molecular complexity index is 232. The molecule has 1 N–H and O–H groups in total. The highest BCUT2D eigenvalue weighted by atomic mass is 16.6. The van der Waals surface area contributed by atoms with Crippen molar-refractivity contribution in [3.63, 3.8) is 0 Å². The van der Waals surface area contributed by atoms with Crippen LogP contribution in [0.15, 0.2) is 0 Å². The first-order chi connectivity index (χ1) is 6.76. The molecule has 0 aliphatic rings. The van der Waals surface area contributed by atoms with Gasteiger partial charge in [-0.25, -0.2) is 4.79 Å². The smallest absolute Gasteiger partial charge is 0.407 e. The van der Waals surface area contributed by atoms with E-state index in [1.165, 1.54) is 7.11 Å². The van der Waals surface area contributed by atoms with Crippen LogP contribution in [0.4, 0.5) is 4.79 Å². The van der Waals surface area contributed by atoms with Crippen LogP contribution in [0.25, 0.3) is 0 Å². The van der Waals surface area contributed by atoms with E-state index in [4.69, 9.17) is 4.74 Å². The summed E-state index contributed by atoms with van der Waals surface area (Å²) in [5, 5.41) is 2.49. The molecule has 0 aromatic heterocycles. The fraction of sp³-hybridized carbons (Fsp3) is 0.800. The van der Waals surface area contributed by atoms with Gasteiger partial charge in [0.15, 0.2) is 0 Å². The van der Waals surface area contributed by atoms with Gasteiger partial charge < -0.3 is 14.8 Å². The third kappa shape index (κ3) is 6.76. The molecular formula is C10H19NO4. The number of methoxy groups -OCH3 is 1. The molecule has 0 heterocycles. The average molecular weight is 217 g/mol. The number of esters is 1. The summed E-state index contributed by atoms with van der Waals surface area (Å²) in [6.07, 6.45) is -0.529. The fourth-order valence-corrected chi connectivity index (χ4v) is 0.835. The second-order valence-corrected chi connectivity index (χ2v) is 4.31. The van der Waals surface area contributed by atoms with E-state index >= 15 is 0 Å². The number of carbonyl (C=O) groups excluding carboxylic acids is 2. The van der Waals surface area contributed by atoms with Gasteiger partial charge in [0.05, 0.1) is 13.0 Å². The minimum Gasteiger partial charge on any atom is -0.469 e. The molecule has 0 aromatic carbocycles. The van der Waals surface area contributed by atoms with E-state index < -0.39 is 11.7 Å². The summed E-state index contributed by atoms with van der Waals surface area (Å²) in [6, 6.07) is 0. The van der Waals surface area contributed by atoms with Crippen LogP contribution in [-0.2, 0) is 14.3 Å². The molecular weight excluding hydrogens is 198 g/mol. The van der Waals surface area contributed by atoms with E-state index in [9.17, 15) is 9.59 Å². The molecule has 0 unspecified atom stereocenters. The molecule has 1 amide bonds. The summed E-state index contributed by atoms with van der Waals surface area (Å²) >= 11 is 0. The Kier molecular flexibility index (Phi) is 5.11. The van der Waals surface area contributed by atoms with Crippen LogP contribution in [0.3, 0.4) is 0 Å². The summed E-state index contributed by atoms with van der Waals surface area (Å²) in [4.78, 5) is 22.2. The number of carbonyl (C=O) groups is 2. The van der Waals surface area contributed by atoms with Crippen molar-refractivity contribution in [3.8, 4) is 0 Å². The Morgan fingerprint density at radius 3 is 2.27 bits per heavy atom.